The van der Waals surface area contributed by atoms with Crippen LogP contribution in [0.2, 0.25) is 0 Å². The average molecular weight is 315 g/mol. The van der Waals surface area contributed by atoms with Crippen LogP contribution in [0.4, 0.5) is 0 Å². The van der Waals surface area contributed by atoms with E-state index in [1.807, 2.05) is 13.0 Å². The second-order valence-corrected chi connectivity index (χ2v) is 4.59. The molecule has 0 aliphatic rings. The molecule has 18 heavy (non-hydrogen) atoms. The minimum atomic E-state index is -0.524. The monoisotopic (exact) mass is 314 g/mol. The van der Waals surface area contributed by atoms with E-state index in [9.17, 15) is 9.59 Å². The summed E-state index contributed by atoms with van der Waals surface area (Å²) in [4.78, 5) is 22.1. The number of halogens is 1. The summed E-state index contributed by atoms with van der Waals surface area (Å²) in [6, 6.07) is 5.37. The second kappa shape index (κ2) is 7.13. The molecule has 0 radical (unpaired) electrons. The molecule has 2 amide bonds. The molecule has 0 saturated heterocycles. The molecule has 3 N–H and O–H groups in total. The maximum Gasteiger partial charge on any atom is 0.251 e. The molecule has 0 saturated carbocycles. The fraction of sp³-hybridized carbons (Fsp3) is 0.333. The Morgan fingerprint density at radius 3 is 2.78 bits per heavy atom. The van der Waals surface area contributed by atoms with Crippen molar-refractivity contribution in [1.29, 1.82) is 0 Å². The molecule has 0 unspecified atom stereocenters. The van der Waals surface area contributed by atoms with E-state index in [2.05, 4.69) is 21.2 Å². The van der Waals surface area contributed by atoms with Gasteiger partial charge >= 0.3 is 0 Å². The molecule has 0 aromatic heterocycles. The van der Waals surface area contributed by atoms with Crippen LogP contribution in [0.1, 0.15) is 15.9 Å². The van der Waals surface area contributed by atoms with Gasteiger partial charge < -0.3 is 15.8 Å². The average Bonchev–Trinajstić information content (AvgIpc) is 2.31. The molecule has 1 rings (SSSR count). The van der Waals surface area contributed by atoms with Crippen LogP contribution in [0.5, 0.6) is 0 Å². The Kier molecular flexibility index (Phi) is 5.80. The van der Waals surface area contributed by atoms with E-state index in [1.165, 1.54) is 0 Å². The van der Waals surface area contributed by atoms with E-state index in [1.54, 1.807) is 12.1 Å². The summed E-state index contributed by atoms with van der Waals surface area (Å²) in [6.45, 7) is 2.40. The van der Waals surface area contributed by atoms with E-state index in [0.29, 0.717) is 12.1 Å². The normalized spacial score (nSPS) is 10.1. The molecule has 6 heteroatoms. The first-order chi connectivity index (χ1) is 8.50. The number of aryl methyl sites for hydroxylation is 1. The van der Waals surface area contributed by atoms with Crippen molar-refractivity contribution in [2.24, 2.45) is 5.73 Å². The molecule has 1 aromatic rings. The number of ether oxygens (including phenoxy) is 1. The highest BCUT2D eigenvalue weighted by molar-refractivity contribution is 9.10. The van der Waals surface area contributed by atoms with Crippen molar-refractivity contribution in [3.63, 3.8) is 0 Å². The Labute approximate surface area is 114 Å². The predicted octanol–water partition coefficient (Wildman–Crippen LogP) is 0.989. The highest BCUT2D eigenvalue weighted by atomic mass is 79.9. The second-order valence-electron chi connectivity index (χ2n) is 3.74. The third-order valence-corrected chi connectivity index (χ3v) is 3.06. The lowest BCUT2D eigenvalue weighted by atomic mass is 10.1. The molecular weight excluding hydrogens is 300 g/mol. The number of amides is 2. The Hall–Kier alpha value is -1.40. The van der Waals surface area contributed by atoms with Crippen LogP contribution in [-0.2, 0) is 9.53 Å². The van der Waals surface area contributed by atoms with Gasteiger partial charge in [0, 0.05) is 16.6 Å². The van der Waals surface area contributed by atoms with Crippen LogP contribution in [0.25, 0.3) is 0 Å². The Morgan fingerprint density at radius 2 is 2.17 bits per heavy atom. The summed E-state index contributed by atoms with van der Waals surface area (Å²) in [7, 11) is 0. The quantitative estimate of drug-likeness (QED) is 0.768. The number of rotatable bonds is 6. The zero-order valence-electron chi connectivity index (χ0n) is 10.0. The lowest BCUT2D eigenvalue weighted by Gasteiger charge is -2.06. The number of hydrogen-bond acceptors (Lipinski definition) is 3. The largest absolute Gasteiger partial charge is 0.370 e. The molecular formula is C12H15BrN2O3. The van der Waals surface area contributed by atoms with Crippen LogP contribution in [0.3, 0.4) is 0 Å². The number of primary amides is 1. The molecule has 0 aliphatic carbocycles. The SMILES string of the molecule is Cc1ccc(C(=O)NCCOCC(N)=O)cc1Br. The molecule has 98 valence electrons. The predicted molar refractivity (Wildman–Crippen MR) is 71.2 cm³/mol. The van der Waals surface area contributed by atoms with E-state index >= 15 is 0 Å². The van der Waals surface area contributed by atoms with Crippen molar-refractivity contribution in [3.8, 4) is 0 Å². The van der Waals surface area contributed by atoms with Crippen molar-refractivity contribution in [3.05, 3.63) is 33.8 Å². The summed E-state index contributed by atoms with van der Waals surface area (Å²) in [5.41, 5.74) is 6.54. The van der Waals surface area contributed by atoms with Gasteiger partial charge in [-0.25, -0.2) is 0 Å². The zero-order valence-corrected chi connectivity index (χ0v) is 11.6. The van der Waals surface area contributed by atoms with Gasteiger partial charge in [-0.05, 0) is 24.6 Å². The summed E-state index contributed by atoms with van der Waals surface area (Å²) < 4.78 is 5.81. The lowest BCUT2D eigenvalue weighted by molar-refractivity contribution is -0.122. The molecule has 0 bridgehead atoms. The fourth-order valence-corrected chi connectivity index (χ4v) is 1.62. The van der Waals surface area contributed by atoms with Gasteiger partial charge in [-0.1, -0.05) is 22.0 Å². The number of nitrogens with two attached hydrogens (primary N) is 1. The minimum Gasteiger partial charge on any atom is -0.370 e. The first-order valence-electron chi connectivity index (χ1n) is 5.41. The first kappa shape index (κ1) is 14.7. The smallest absolute Gasteiger partial charge is 0.251 e. The summed E-state index contributed by atoms with van der Waals surface area (Å²) in [6.07, 6.45) is 0. The van der Waals surface area contributed by atoms with Crippen LogP contribution in [0, 0.1) is 6.92 Å². The molecule has 5 nitrogen and oxygen atoms in total. The summed E-state index contributed by atoms with van der Waals surface area (Å²) in [5.74, 6) is -0.706. The maximum atomic E-state index is 11.7. The van der Waals surface area contributed by atoms with E-state index in [0.717, 1.165) is 10.0 Å². The van der Waals surface area contributed by atoms with Gasteiger partial charge in [0.25, 0.3) is 5.91 Å². The van der Waals surface area contributed by atoms with Gasteiger partial charge in [0.15, 0.2) is 0 Å². The lowest BCUT2D eigenvalue weighted by Crippen LogP contribution is -2.28. The number of carbonyl (C=O) groups excluding carboxylic acids is 2. The molecule has 0 aliphatic heterocycles. The van der Waals surface area contributed by atoms with Gasteiger partial charge in [0.2, 0.25) is 5.91 Å². The van der Waals surface area contributed by atoms with Crippen molar-refractivity contribution in [1.82, 2.24) is 5.32 Å². The van der Waals surface area contributed by atoms with Crippen LogP contribution in [0.15, 0.2) is 22.7 Å². The first-order valence-corrected chi connectivity index (χ1v) is 6.20. The number of carbonyl (C=O) groups is 2. The highest BCUT2D eigenvalue weighted by Crippen LogP contribution is 2.17. The number of nitrogens with one attached hydrogen (secondary N) is 1. The van der Waals surface area contributed by atoms with Gasteiger partial charge in [-0.3, -0.25) is 9.59 Å². The van der Waals surface area contributed by atoms with Gasteiger partial charge in [-0.15, -0.1) is 0 Å². The number of benzene rings is 1. The molecule has 0 heterocycles. The van der Waals surface area contributed by atoms with Crippen molar-refractivity contribution in [2.45, 2.75) is 6.92 Å². The summed E-state index contributed by atoms with van der Waals surface area (Å²) in [5, 5.41) is 2.68. The van der Waals surface area contributed by atoms with Crippen molar-refractivity contribution in [2.75, 3.05) is 19.8 Å². The summed E-state index contributed by atoms with van der Waals surface area (Å²) >= 11 is 3.37. The maximum absolute atomic E-state index is 11.7. The molecule has 1 aromatic carbocycles. The number of hydrogen-bond donors (Lipinski definition) is 2. The van der Waals surface area contributed by atoms with Crippen molar-refractivity contribution >= 4 is 27.7 Å². The minimum absolute atomic E-state index is 0.133. The third kappa shape index (κ3) is 4.85. The highest BCUT2D eigenvalue weighted by Gasteiger charge is 2.06. The Morgan fingerprint density at radius 1 is 1.44 bits per heavy atom. The third-order valence-electron chi connectivity index (χ3n) is 2.21. The Bertz CT molecular complexity index is 449. The van der Waals surface area contributed by atoms with E-state index in [4.69, 9.17) is 10.5 Å². The zero-order chi connectivity index (χ0) is 13.5. The van der Waals surface area contributed by atoms with E-state index in [-0.39, 0.29) is 19.1 Å². The standard InChI is InChI=1S/C12H15BrN2O3/c1-8-2-3-9(6-10(8)13)12(17)15-4-5-18-7-11(14)16/h2-3,6H,4-5,7H2,1H3,(H2,14,16)(H,15,17). The van der Waals surface area contributed by atoms with Crippen LogP contribution >= 0.6 is 15.9 Å². The van der Waals surface area contributed by atoms with Crippen molar-refractivity contribution < 1.29 is 14.3 Å². The van der Waals surface area contributed by atoms with Gasteiger partial charge in [0.05, 0.1) is 6.61 Å². The Balaban J connectivity index is 2.36. The van der Waals surface area contributed by atoms with Crippen LogP contribution < -0.4 is 11.1 Å². The molecule has 0 spiro atoms. The van der Waals surface area contributed by atoms with E-state index < -0.39 is 5.91 Å². The molecule has 0 atom stereocenters. The van der Waals surface area contributed by atoms with Gasteiger partial charge in [-0.2, -0.15) is 0 Å². The fourth-order valence-electron chi connectivity index (χ4n) is 1.25. The topological polar surface area (TPSA) is 81.4 Å². The molecule has 0 fully saturated rings. The van der Waals surface area contributed by atoms with Crippen LogP contribution in [-0.4, -0.2) is 31.6 Å². The van der Waals surface area contributed by atoms with Gasteiger partial charge in [0.1, 0.15) is 6.61 Å².